The second kappa shape index (κ2) is 6.22. The molecule has 0 saturated heterocycles. The van der Waals surface area contributed by atoms with Gasteiger partial charge in [0.2, 0.25) is 0 Å². The fourth-order valence-corrected chi connectivity index (χ4v) is 1.74. The number of aliphatic hydroxyl groups is 2. The summed E-state index contributed by atoms with van der Waals surface area (Å²) in [5.74, 6) is 0.713. The van der Waals surface area contributed by atoms with Crippen LogP contribution in [0.1, 0.15) is 17.2 Å². The number of phenols is 1. The first-order valence-corrected chi connectivity index (χ1v) is 5.99. The van der Waals surface area contributed by atoms with Crippen molar-refractivity contribution in [2.75, 3.05) is 6.61 Å². The molecule has 19 heavy (non-hydrogen) atoms. The number of phenolic OH excluding ortho intramolecular Hbond substituents is 1. The van der Waals surface area contributed by atoms with Gasteiger partial charge >= 0.3 is 0 Å². The van der Waals surface area contributed by atoms with Crippen LogP contribution >= 0.6 is 0 Å². The third-order valence-electron chi connectivity index (χ3n) is 2.82. The summed E-state index contributed by atoms with van der Waals surface area (Å²) >= 11 is 0. The summed E-state index contributed by atoms with van der Waals surface area (Å²) in [6.45, 7) is -0.0206. The van der Waals surface area contributed by atoms with Crippen molar-refractivity contribution in [2.24, 2.45) is 0 Å². The summed E-state index contributed by atoms with van der Waals surface area (Å²) in [5, 5.41) is 28.3. The zero-order valence-electron chi connectivity index (χ0n) is 10.4. The zero-order valence-corrected chi connectivity index (χ0v) is 10.4. The minimum absolute atomic E-state index is 0.0851. The van der Waals surface area contributed by atoms with Gasteiger partial charge in [-0.3, -0.25) is 0 Å². The van der Waals surface area contributed by atoms with E-state index in [1.54, 1.807) is 30.3 Å². The van der Waals surface area contributed by atoms with Crippen LogP contribution < -0.4 is 4.74 Å². The molecule has 0 aliphatic carbocycles. The van der Waals surface area contributed by atoms with Crippen LogP contribution in [0.5, 0.6) is 11.5 Å². The van der Waals surface area contributed by atoms with Gasteiger partial charge in [0, 0.05) is 5.56 Å². The lowest BCUT2D eigenvalue weighted by atomic mass is 10.1. The molecule has 0 heterocycles. The molecular weight excluding hydrogens is 244 g/mol. The van der Waals surface area contributed by atoms with Crippen LogP contribution in [-0.4, -0.2) is 21.9 Å². The van der Waals surface area contributed by atoms with Crippen molar-refractivity contribution < 1.29 is 20.1 Å². The molecule has 0 aliphatic rings. The van der Waals surface area contributed by atoms with E-state index in [0.717, 1.165) is 0 Å². The SMILES string of the molecule is OCc1ccccc1OCC(O)c1ccc(O)cc1. The predicted octanol–water partition coefficient (Wildman–Crippen LogP) is 2.00. The Morgan fingerprint density at radius 2 is 1.68 bits per heavy atom. The molecule has 0 fully saturated rings. The molecule has 4 heteroatoms. The summed E-state index contributed by atoms with van der Waals surface area (Å²) < 4.78 is 5.50. The number of ether oxygens (including phenoxy) is 1. The molecule has 0 bridgehead atoms. The highest BCUT2D eigenvalue weighted by molar-refractivity contribution is 5.33. The fourth-order valence-electron chi connectivity index (χ4n) is 1.74. The smallest absolute Gasteiger partial charge is 0.124 e. The molecule has 0 amide bonds. The van der Waals surface area contributed by atoms with Crippen LogP contribution in [0.2, 0.25) is 0 Å². The van der Waals surface area contributed by atoms with Gasteiger partial charge in [0.05, 0.1) is 6.61 Å². The highest BCUT2D eigenvalue weighted by Gasteiger charge is 2.09. The number of aromatic hydroxyl groups is 1. The van der Waals surface area contributed by atoms with E-state index in [4.69, 9.17) is 9.84 Å². The summed E-state index contributed by atoms with van der Waals surface area (Å²) in [5.41, 5.74) is 1.35. The lowest BCUT2D eigenvalue weighted by molar-refractivity contribution is 0.106. The largest absolute Gasteiger partial charge is 0.508 e. The Labute approximate surface area is 111 Å². The van der Waals surface area contributed by atoms with Gasteiger partial charge in [-0.2, -0.15) is 0 Å². The lowest BCUT2D eigenvalue weighted by Gasteiger charge is -2.14. The van der Waals surface area contributed by atoms with Gasteiger partial charge in [-0.05, 0) is 23.8 Å². The van der Waals surface area contributed by atoms with Crippen LogP contribution in [0.4, 0.5) is 0 Å². The average Bonchev–Trinajstić information content (AvgIpc) is 2.45. The van der Waals surface area contributed by atoms with Gasteiger partial charge in [0.1, 0.15) is 24.2 Å². The second-order valence-corrected chi connectivity index (χ2v) is 4.18. The van der Waals surface area contributed by atoms with Crippen molar-refractivity contribution in [2.45, 2.75) is 12.7 Å². The maximum Gasteiger partial charge on any atom is 0.124 e. The molecule has 100 valence electrons. The topological polar surface area (TPSA) is 69.9 Å². The summed E-state index contributed by atoms with van der Waals surface area (Å²) in [6.07, 6.45) is -0.785. The molecule has 1 atom stereocenters. The Hall–Kier alpha value is -2.04. The number of hydrogen-bond donors (Lipinski definition) is 3. The van der Waals surface area contributed by atoms with E-state index in [1.165, 1.54) is 12.1 Å². The van der Waals surface area contributed by atoms with Gasteiger partial charge in [0.15, 0.2) is 0 Å². The molecule has 1 unspecified atom stereocenters. The van der Waals surface area contributed by atoms with Crippen LogP contribution in [0.25, 0.3) is 0 Å². The zero-order chi connectivity index (χ0) is 13.7. The maximum atomic E-state index is 9.97. The Bertz CT molecular complexity index is 522. The quantitative estimate of drug-likeness (QED) is 0.769. The van der Waals surface area contributed by atoms with Crippen molar-refractivity contribution in [3.63, 3.8) is 0 Å². The number of aliphatic hydroxyl groups excluding tert-OH is 2. The van der Waals surface area contributed by atoms with Crippen molar-refractivity contribution >= 4 is 0 Å². The van der Waals surface area contributed by atoms with Gasteiger partial charge in [0.25, 0.3) is 0 Å². The number of hydrogen-bond acceptors (Lipinski definition) is 4. The Morgan fingerprint density at radius 3 is 2.37 bits per heavy atom. The first-order chi connectivity index (χ1) is 9.20. The van der Waals surface area contributed by atoms with Gasteiger partial charge < -0.3 is 20.1 Å². The van der Waals surface area contributed by atoms with Gasteiger partial charge in [-0.15, -0.1) is 0 Å². The Kier molecular flexibility index (Phi) is 4.39. The van der Waals surface area contributed by atoms with Crippen molar-refractivity contribution in [3.05, 3.63) is 59.7 Å². The minimum atomic E-state index is -0.785. The molecule has 2 rings (SSSR count). The predicted molar refractivity (Wildman–Crippen MR) is 70.9 cm³/mol. The van der Waals surface area contributed by atoms with Crippen molar-refractivity contribution in [1.29, 1.82) is 0 Å². The van der Waals surface area contributed by atoms with E-state index < -0.39 is 6.10 Å². The molecule has 0 spiro atoms. The second-order valence-electron chi connectivity index (χ2n) is 4.18. The third-order valence-corrected chi connectivity index (χ3v) is 2.82. The molecule has 3 N–H and O–H groups in total. The Balaban J connectivity index is 2.00. The van der Waals surface area contributed by atoms with Crippen molar-refractivity contribution in [1.82, 2.24) is 0 Å². The van der Waals surface area contributed by atoms with Crippen LogP contribution in [0, 0.1) is 0 Å². The highest BCUT2D eigenvalue weighted by atomic mass is 16.5. The summed E-state index contributed by atoms with van der Waals surface area (Å²) in [4.78, 5) is 0. The highest BCUT2D eigenvalue weighted by Crippen LogP contribution is 2.21. The molecule has 2 aromatic rings. The molecule has 0 radical (unpaired) electrons. The van der Waals surface area contributed by atoms with Gasteiger partial charge in [-0.25, -0.2) is 0 Å². The lowest BCUT2D eigenvalue weighted by Crippen LogP contribution is -2.10. The van der Waals surface area contributed by atoms with E-state index in [-0.39, 0.29) is 19.0 Å². The van der Waals surface area contributed by atoms with E-state index in [9.17, 15) is 10.2 Å². The normalized spacial score (nSPS) is 12.1. The van der Waals surface area contributed by atoms with E-state index in [2.05, 4.69) is 0 Å². The molecule has 2 aromatic carbocycles. The summed E-state index contributed by atoms with van der Waals surface area (Å²) in [7, 11) is 0. The Morgan fingerprint density at radius 1 is 1.00 bits per heavy atom. The van der Waals surface area contributed by atoms with Crippen molar-refractivity contribution in [3.8, 4) is 11.5 Å². The number of para-hydroxylation sites is 1. The average molecular weight is 260 g/mol. The monoisotopic (exact) mass is 260 g/mol. The van der Waals surface area contributed by atoms with Crippen LogP contribution in [0.3, 0.4) is 0 Å². The molecule has 4 nitrogen and oxygen atoms in total. The van der Waals surface area contributed by atoms with E-state index >= 15 is 0 Å². The van der Waals surface area contributed by atoms with E-state index in [0.29, 0.717) is 16.9 Å². The molecule has 0 saturated carbocycles. The first-order valence-electron chi connectivity index (χ1n) is 5.99. The van der Waals surface area contributed by atoms with Crippen LogP contribution in [-0.2, 0) is 6.61 Å². The molecule has 0 aliphatic heterocycles. The van der Waals surface area contributed by atoms with Crippen LogP contribution in [0.15, 0.2) is 48.5 Å². The third kappa shape index (κ3) is 3.47. The maximum absolute atomic E-state index is 9.97. The fraction of sp³-hybridized carbons (Fsp3) is 0.200. The standard InChI is InChI=1S/C15H16O4/c16-9-12-3-1-2-4-15(12)19-10-14(18)11-5-7-13(17)8-6-11/h1-8,14,16-18H,9-10H2. The molecular formula is C15H16O4. The van der Waals surface area contributed by atoms with Gasteiger partial charge in [-0.1, -0.05) is 30.3 Å². The van der Waals surface area contributed by atoms with E-state index in [1.807, 2.05) is 6.07 Å². The summed E-state index contributed by atoms with van der Waals surface area (Å²) in [6, 6.07) is 13.4. The molecule has 0 aromatic heterocycles. The number of rotatable bonds is 5. The first kappa shape index (κ1) is 13.4. The minimum Gasteiger partial charge on any atom is -0.508 e. The number of benzene rings is 2.